The first-order valence-corrected chi connectivity index (χ1v) is 10.0. The number of carbonyl (C=O) groups is 3. The van der Waals surface area contributed by atoms with E-state index in [-0.39, 0.29) is 29.7 Å². The second-order valence-corrected chi connectivity index (χ2v) is 7.89. The molecule has 7 nitrogen and oxygen atoms in total. The molecule has 2 aliphatic rings. The molecule has 2 aliphatic heterocycles. The summed E-state index contributed by atoms with van der Waals surface area (Å²) in [4.78, 5) is 39.6. The highest BCUT2D eigenvalue weighted by molar-refractivity contribution is 6.31. The van der Waals surface area contributed by atoms with Crippen molar-refractivity contribution in [1.82, 2.24) is 9.80 Å². The van der Waals surface area contributed by atoms with Crippen molar-refractivity contribution in [2.75, 3.05) is 26.2 Å². The van der Waals surface area contributed by atoms with Crippen molar-refractivity contribution in [2.45, 2.75) is 38.7 Å². The first kappa shape index (κ1) is 20.5. The SMILES string of the molecule is CC(=O)N1CCC(Oc2ccc(Cl)cc2C(=O)N2CCC[C@@H](C(N)=O)C2)CC1. The quantitative estimate of drug-likeness (QED) is 0.826. The highest BCUT2D eigenvalue weighted by Gasteiger charge is 2.30. The van der Waals surface area contributed by atoms with Crippen molar-refractivity contribution in [3.63, 3.8) is 0 Å². The number of rotatable bonds is 4. The molecule has 0 unspecified atom stereocenters. The maximum Gasteiger partial charge on any atom is 0.257 e. The van der Waals surface area contributed by atoms with Gasteiger partial charge in [0.15, 0.2) is 0 Å². The molecule has 1 atom stereocenters. The minimum atomic E-state index is -0.378. The summed E-state index contributed by atoms with van der Waals surface area (Å²) in [5.74, 6) is -0.356. The summed E-state index contributed by atoms with van der Waals surface area (Å²) in [5.41, 5.74) is 5.82. The Balaban J connectivity index is 1.73. The van der Waals surface area contributed by atoms with E-state index in [9.17, 15) is 14.4 Å². The molecule has 152 valence electrons. The zero-order chi connectivity index (χ0) is 20.3. The van der Waals surface area contributed by atoms with E-state index >= 15 is 0 Å². The first-order chi connectivity index (χ1) is 13.3. The Hall–Kier alpha value is -2.28. The Bertz CT molecular complexity index is 762. The van der Waals surface area contributed by atoms with Crippen molar-refractivity contribution in [2.24, 2.45) is 11.7 Å². The number of primary amides is 1. The van der Waals surface area contributed by atoms with E-state index in [1.807, 2.05) is 0 Å². The van der Waals surface area contributed by atoms with Gasteiger partial charge in [0, 0.05) is 51.0 Å². The van der Waals surface area contributed by atoms with E-state index in [1.165, 1.54) is 0 Å². The maximum absolute atomic E-state index is 13.1. The van der Waals surface area contributed by atoms with E-state index in [0.29, 0.717) is 61.8 Å². The highest BCUT2D eigenvalue weighted by atomic mass is 35.5. The Labute approximate surface area is 169 Å². The first-order valence-electron chi connectivity index (χ1n) is 9.65. The Morgan fingerprint density at radius 2 is 1.82 bits per heavy atom. The summed E-state index contributed by atoms with van der Waals surface area (Å²) in [5, 5.41) is 0.450. The fourth-order valence-corrected chi connectivity index (χ4v) is 3.98. The zero-order valence-electron chi connectivity index (χ0n) is 16.0. The molecule has 0 spiro atoms. The third-order valence-electron chi connectivity index (χ3n) is 5.46. The monoisotopic (exact) mass is 407 g/mol. The number of halogens is 1. The van der Waals surface area contributed by atoms with Crippen LogP contribution in [0.1, 0.15) is 43.0 Å². The topological polar surface area (TPSA) is 92.9 Å². The van der Waals surface area contributed by atoms with Gasteiger partial charge in [-0.05, 0) is 31.0 Å². The van der Waals surface area contributed by atoms with Crippen molar-refractivity contribution in [3.8, 4) is 5.75 Å². The van der Waals surface area contributed by atoms with Gasteiger partial charge in [-0.15, -0.1) is 0 Å². The number of benzene rings is 1. The van der Waals surface area contributed by atoms with E-state index in [2.05, 4.69) is 0 Å². The molecule has 8 heteroatoms. The maximum atomic E-state index is 13.1. The van der Waals surface area contributed by atoms with E-state index in [4.69, 9.17) is 22.1 Å². The normalized spacial score (nSPS) is 20.7. The molecule has 1 aromatic carbocycles. The van der Waals surface area contributed by atoms with Crippen LogP contribution in [0.4, 0.5) is 0 Å². The number of carbonyl (C=O) groups excluding carboxylic acids is 3. The predicted octanol–water partition coefficient (Wildman–Crippen LogP) is 2.07. The number of likely N-dealkylation sites (tertiary alicyclic amines) is 2. The van der Waals surface area contributed by atoms with Crippen LogP contribution >= 0.6 is 11.6 Å². The third kappa shape index (κ3) is 4.76. The van der Waals surface area contributed by atoms with Crippen LogP contribution in [-0.4, -0.2) is 59.8 Å². The molecule has 0 aliphatic carbocycles. The lowest BCUT2D eigenvalue weighted by atomic mass is 9.97. The van der Waals surface area contributed by atoms with Crippen LogP contribution in [0.25, 0.3) is 0 Å². The summed E-state index contributed by atoms with van der Waals surface area (Å²) in [6, 6.07) is 5.01. The van der Waals surface area contributed by atoms with Gasteiger partial charge in [-0.25, -0.2) is 0 Å². The van der Waals surface area contributed by atoms with Crippen molar-refractivity contribution in [1.29, 1.82) is 0 Å². The minimum Gasteiger partial charge on any atom is -0.489 e. The standard InChI is InChI=1S/C20H26ClN3O4/c1-13(25)23-9-6-16(7-10-23)28-18-5-4-15(21)11-17(18)20(27)24-8-2-3-14(12-24)19(22)26/h4-5,11,14,16H,2-3,6-10,12H2,1H3,(H2,22,26)/t14-/m1/s1. The van der Waals surface area contributed by atoms with E-state index in [0.717, 1.165) is 6.42 Å². The van der Waals surface area contributed by atoms with Gasteiger partial charge in [-0.2, -0.15) is 0 Å². The summed E-state index contributed by atoms with van der Waals surface area (Å²) >= 11 is 6.13. The summed E-state index contributed by atoms with van der Waals surface area (Å²) < 4.78 is 6.12. The largest absolute Gasteiger partial charge is 0.489 e. The van der Waals surface area contributed by atoms with Crippen LogP contribution in [0, 0.1) is 5.92 Å². The Kier molecular flexibility index (Phi) is 6.44. The van der Waals surface area contributed by atoms with E-state index < -0.39 is 0 Å². The molecule has 1 aromatic rings. The van der Waals surface area contributed by atoms with Crippen molar-refractivity contribution >= 4 is 29.3 Å². The Morgan fingerprint density at radius 1 is 1.11 bits per heavy atom. The van der Waals surface area contributed by atoms with Gasteiger partial charge in [-0.3, -0.25) is 14.4 Å². The van der Waals surface area contributed by atoms with Gasteiger partial charge in [0.05, 0.1) is 11.5 Å². The molecule has 28 heavy (non-hydrogen) atoms. The van der Waals surface area contributed by atoms with Gasteiger partial charge in [-0.1, -0.05) is 11.6 Å². The molecule has 2 N–H and O–H groups in total. The molecular formula is C20H26ClN3O4. The molecule has 3 amide bonds. The number of nitrogens with zero attached hydrogens (tertiary/aromatic N) is 2. The molecule has 0 aromatic heterocycles. The number of ether oxygens (including phenoxy) is 1. The fraction of sp³-hybridized carbons (Fsp3) is 0.550. The highest BCUT2D eigenvalue weighted by Crippen LogP contribution is 2.29. The molecule has 0 radical (unpaired) electrons. The lowest BCUT2D eigenvalue weighted by Gasteiger charge is -2.33. The van der Waals surface area contributed by atoms with Crippen molar-refractivity contribution in [3.05, 3.63) is 28.8 Å². The molecule has 3 rings (SSSR count). The van der Waals surface area contributed by atoms with Gasteiger partial charge in [0.2, 0.25) is 11.8 Å². The molecule has 0 saturated carbocycles. The third-order valence-corrected chi connectivity index (χ3v) is 5.70. The number of hydrogen-bond donors (Lipinski definition) is 1. The van der Waals surface area contributed by atoms with Crippen LogP contribution in [0.3, 0.4) is 0 Å². The molecular weight excluding hydrogens is 382 g/mol. The molecule has 2 fully saturated rings. The van der Waals surface area contributed by atoms with Crippen LogP contribution in [0.2, 0.25) is 5.02 Å². The number of piperidine rings is 2. The lowest BCUT2D eigenvalue weighted by molar-refractivity contribution is -0.130. The summed E-state index contributed by atoms with van der Waals surface area (Å²) in [7, 11) is 0. The zero-order valence-corrected chi connectivity index (χ0v) is 16.8. The second-order valence-electron chi connectivity index (χ2n) is 7.46. The average molecular weight is 408 g/mol. The Morgan fingerprint density at radius 3 is 2.46 bits per heavy atom. The molecule has 2 heterocycles. The van der Waals surface area contributed by atoms with Gasteiger partial charge >= 0.3 is 0 Å². The molecule has 0 bridgehead atoms. The van der Waals surface area contributed by atoms with Crippen LogP contribution < -0.4 is 10.5 Å². The van der Waals surface area contributed by atoms with E-state index in [1.54, 1.807) is 34.9 Å². The minimum absolute atomic E-state index is 0.0647. The smallest absolute Gasteiger partial charge is 0.257 e. The number of nitrogens with two attached hydrogens (primary N) is 1. The fourth-order valence-electron chi connectivity index (χ4n) is 3.80. The van der Waals surface area contributed by atoms with Crippen LogP contribution in [-0.2, 0) is 9.59 Å². The second kappa shape index (κ2) is 8.82. The molecule has 2 saturated heterocycles. The number of amides is 3. The average Bonchev–Trinajstić information content (AvgIpc) is 2.69. The predicted molar refractivity (Wildman–Crippen MR) is 105 cm³/mol. The van der Waals surface area contributed by atoms with Crippen molar-refractivity contribution < 1.29 is 19.1 Å². The lowest BCUT2D eigenvalue weighted by Crippen LogP contribution is -2.44. The van der Waals surface area contributed by atoms with Gasteiger partial charge < -0.3 is 20.3 Å². The van der Waals surface area contributed by atoms with Crippen LogP contribution in [0.15, 0.2) is 18.2 Å². The van der Waals surface area contributed by atoms with Crippen LogP contribution in [0.5, 0.6) is 5.75 Å². The summed E-state index contributed by atoms with van der Waals surface area (Å²) in [6.07, 6.45) is 2.79. The van der Waals surface area contributed by atoms with Gasteiger partial charge in [0.25, 0.3) is 5.91 Å². The summed E-state index contributed by atoms with van der Waals surface area (Å²) in [6.45, 7) is 3.74. The number of hydrogen-bond acceptors (Lipinski definition) is 4. The van der Waals surface area contributed by atoms with Gasteiger partial charge in [0.1, 0.15) is 11.9 Å².